The summed E-state index contributed by atoms with van der Waals surface area (Å²) in [6, 6.07) is 5.34. The minimum absolute atomic E-state index is 0.0100. The number of halogens is 1. The van der Waals surface area contributed by atoms with Crippen molar-refractivity contribution >= 4 is 40.7 Å². The van der Waals surface area contributed by atoms with Gasteiger partial charge in [-0.1, -0.05) is 39.3 Å². The number of amides is 2. The molecule has 6 rings (SSSR count). The number of alkyl halides is 1. The maximum atomic E-state index is 13.6. The number of nitrogens with one attached hydrogen (secondary N) is 1. The average molecular weight is 681 g/mol. The number of aliphatic hydroxyl groups is 1. The number of carbonyl (C=O) groups excluding carboxylic acids is 4. The second kappa shape index (κ2) is 12.4. The molecule has 4 aliphatic carbocycles. The third-order valence-electron chi connectivity index (χ3n) is 12.1. The molecule has 2 unspecified atom stereocenters. The minimum atomic E-state index is -1.47. The number of rotatable bonds is 8. The van der Waals surface area contributed by atoms with E-state index in [0.717, 1.165) is 17.7 Å². The van der Waals surface area contributed by atoms with Crippen molar-refractivity contribution < 1.29 is 33.4 Å². The number of fused-ring (bicyclic) bond motifs is 6. The van der Waals surface area contributed by atoms with Crippen LogP contribution in [-0.4, -0.2) is 61.5 Å². The van der Waals surface area contributed by atoms with Gasteiger partial charge >= 0.3 is 5.97 Å². The Morgan fingerprint density at radius 1 is 1.27 bits per heavy atom. The van der Waals surface area contributed by atoms with Gasteiger partial charge in [0.25, 0.3) is 5.91 Å². The van der Waals surface area contributed by atoms with Crippen LogP contribution in [0.5, 0.6) is 0 Å². The highest BCUT2D eigenvalue weighted by atomic mass is 32.2. The van der Waals surface area contributed by atoms with Gasteiger partial charge in [0.2, 0.25) is 11.0 Å². The summed E-state index contributed by atoms with van der Waals surface area (Å²) in [7, 11) is 0. The topological polar surface area (TPSA) is 154 Å². The number of allylic oxidation sites excluding steroid dienone is 1. The SMILES string of the molecule is CCC(=O)OC1(C(=O)SCF)CC[C@H]2[C@@H]3C[C@H](C)C4=Cc5c(cnn5-c5cccc(C(=O)N[C@@H](C)C(N)=O)c5)C[C@]4(C)C3[C@@H](O)C[C@@]21C. The summed E-state index contributed by atoms with van der Waals surface area (Å²) in [5, 5.41) is 19.0. The van der Waals surface area contributed by atoms with Crippen molar-refractivity contribution in [3.05, 3.63) is 52.9 Å². The number of carbonyl (C=O) groups is 4. The number of primary amides is 1. The molecule has 0 spiro atoms. The molecule has 3 saturated carbocycles. The van der Waals surface area contributed by atoms with Gasteiger partial charge in [0.1, 0.15) is 12.0 Å². The molecule has 4 aliphatic rings. The number of nitrogens with two attached hydrogens (primary N) is 1. The maximum absolute atomic E-state index is 13.6. The molecule has 48 heavy (non-hydrogen) atoms. The molecular weight excluding hydrogens is 635 g/mol. The number of hydrogen-bond acceptors (Lipinski definition) is 8. The van der Waals surface area contributed by atoms with E-state index in [1.807, 2.05) is 23.9 Å². The second-order valence-electron chi connectivity index (χ2n) is 14.7. The van der Waals surface area contributed by atoms with Crippen molar-refractivity contribution in [2.24, 2.45) is 40.2 Å². The van der Waals surface area contributed by atoms with E-state index < -0.39 is 52.1 Å². The van der Waals surface area contributed by atoms with Crippen LogP contribution >= 0.6 is 11.8 Å². The molecule has 10 nitrogen and oxygen atoms in total. The first-order chi connectivity index (χ1) is 22.7. The predicted octanol–water partition coefficient (Wildman–Crippen LogP) is 4.75. The van der Waals surface area contributed by atoms with Crippen LogP contribution in [0.15, 0.2) is 36.0 Å². The number of ether oxygens (including phenoxy) is 1. The molecule has 2 amide bonds. The lowest BCUT2D eigenvalue weighted by Gasteiger charge is -2.61. The van der Waals surface area contributed by atoms with Crippen LogP contribution in [0.2, 0.25) is 0 Å². The van der Waals surface area contributed by atoms with Gasteiger partial charge in [-0.15, -0.1) is 0 Å². The number of aliphatic hydroxyl groups excluding tert-OH is 1. The summed E-state index contributed by atoms with van der Waals surface area (Å²) < 4.78 is 21.4. The molecule has 1 aromatic heterocycles. The normalized spacial score (nSPS) is 34.1. The van der Waals surface area contributed by atoms with Gasteiger partial charge in [0, 0.05) is 17.4 Å². The number of benzene rings is 1. The Morgan fingerprint density at radius 3 is 2.71 bits per heavy atom. The molecule has 4 N–H and O–H groups in total. The molecular formula is C36H45FN4O6S. The number of esters is 1. The van der Waals surface area contributed by atoms with E-state index in [4.69, 9.17) is 15.6 Å². The summed E-state index contributed by atoms with van der Waals surface area (Å²) in [5.41, 5.74) is 6.89. The molecule has 258 valence electrons. The molecule has 2 aromatic rings. The Labute approximate surface area is 284 Å². The maximum Gasteiger partial charge on any atom is 0.306 e. The molecule has 0 saturated heterocycles. The van der Waals surface area contributed by atoms with E-state index in [1.54, 1.807) is 25.1 Å². The molecule has 1 aromatic carbocycles. The zero-order valence-corrected chi connectivity index (χ0v) is 28.9. The lowest BCUT2D eigenvalue weighted by Crippen LogP contribution is -2.63. The molecule has 1 heterocycles. The van der Waals surface area contributed by atoms with Gasteiger partial charge in [-0.3, -0.25) is 19.2 Å². The summed E-state index contributed by atoms with van der Waals surface area (Å²) in [4.78, 5) is 50.6. The molecule has 3 fully saturated rings. The standard InChI is InChI=1S/C36H45FN4O6S/c1-6-29(43)47-36(33(46)48-18-37)11-10-25-24-12-19(2)26-14-27-22(15-34(26,4)30(24)28(42)16-35(25,36)5)17-39-41(27)23-9-7-8-21(13-23)32(45)40-20(3)31(38)44/h7-9,13-14,17,19-20,24-25,28,30,42H,6,10-12,15-16,18H2,1-5H3,(H2,38,44)(H,40,45)/t19-,20-,24-,25-,28-,30?,34-,35-,36?/m0/s1. The van der Waals surface area contributed by atoms with Crippen LogP contribution in [0.25, 0.3) is 11.8 Å². The number of hydrogen-bond donors (Lipinski definition) is 3. The molecule has 0 bridgehead atoms. The highest BCUT2D eigenvalue weighted by Gasteiger charge is 2.71. The van der Waals surface area contributed by atoms with Gasteiger partial charge in [-0.05, 0) is 110 Å². The van der Waals surface area contributed by atoms with Gasteiger partial charge in [0.05, 0.1) is 23.7 Å². The zero-order chi connectivity index (χ0) is 34.8. The molecule has 0 radical (unpaired) electrons. The van der Waals surface area contributed by atoms with Crippen LogP contribution in [0.3, 0.4) is 0 Å². The Kier molecular flexibility index (Phi) is 8.89. The van der Waals surface area contributed by atoms with Crippen LogP contribution in [0.1, 0.15) is 88.3 Å². The third-order valence-corrected chi connectivity index (χ3v) is 12.8. The highest BCUT2D eigenvalue weighted by Crippen LogP contribution is 2.69. The number of aromatic nitrogens is 2. The first kappa shape index (κ1) is 34.4. The Hall–Kier alpha value is -3.51. The van der Waals surface area contributed by atoms with E-state index >= 15 is 0 Å². The minimum Gasteiger partial charge on any atom is -0.449 e. The average Bonchev–Trinajstić information content (AvgIpc) is 3.57. The van der Waals surface area contributed by atoms with Crippen molar-refractivity contribution in [2.45, 2.75) is 90.9 Å². The first-order valence-electron chi connectivity index (χ1n) is 16.8. The molecule has 0 aliphatic heterocycles. The molecule has 9 atom stereocenters. The predicted molar refractivity (Wildman–Crippen MR) is 179 cm³/mol. The van der Waals surface area contributed by atoms with Crippen molar-refractivity contribution in [3.8, 4) is 5.69 Å². The highest BCUT2D eigenvalue weighted by molar-refractivity contribution is 8.13. The molecule has 12 heteroatoms. The quantitative estimate of drug-likeness (QED) is 0.338. The zero-order valence-electron chi connectivity index (χ0n) is 28.1. The monoisotopic (exact) mass is 680 g/mol. The fourth-order valence-corrected chi connectivity index (χ4v) is 10.6. The van der Waals surface area contributed by atoms with Crippen molar-refractivity contribution in [1.29, 1.82) is 0 Å². The van der Waals surface area contributed by atoms with Gasteiger partial charge in [-0.25, -0.2) is 9.07 Å². The Bertz CT molecular complexity index is 1690. The smallest absolute Gasteiger partial charge is 0.306 e. The number of nitrogens with zero attached hydrogens (tertiary/aromatic N) is 2. The fraction of sp³-hybridized carbons (Fsp3) is 0.583. The van der Waals surface area contributed by atoms with Gasteiger partial charge in [0.15, 0.2) is 5.60 Å². The van der Waals surface area contributed by atoms with E-state index in [0.29, 0.717) is 42.3 Å². The van der Waals surface area contributed by atoms with E-state index in [1.165, 1.54) is 12.5 Å². The summed E-state index contributed by atoms with van der Waals surface area (Å²) in [6.45, 7) is 9.62. The largest absolute Gasteiger partial charge is 0.449 e. The summed E-state index contributed by atoms with van der Waals surface area (Å²) in [5.74, 6) is -1.39. The Morgan fingerprint density at radius 2 is 2.02 bits per heavy atom. The third kappa shape index (κ3) is 5.21. The van der Waals surface area contributed by atoms with Crippen molar-refractivity contribution in [1.82, 2.24) is 15.1 Å². The van der Waals surface area contributed by atoms with E-state index in [9.17, 15) is 28.7 Å². The van der Waals surface area contributed by atoms with Crippen LogP contribution in [-0.2, 0) is 25.5 Å². The lowest BCUT2D eigenvalue weighted by atomic mass is 9.44. The van der Waals surface area contributed by atoms with Gasteiger partial charge in [-0.2, -0.15) is 5.10 Å². The summed E-state index contributed by atoms with van der Waals surface area (Å²) in [6.07, 6.45) is 6.09. The van der Waals surface area contributed by atoms with Gasteiger partial charge < -0.3 is 20.9 Å². The van der Waals surface area contributed by atoms with Crippen molar-refractivity contribution in [2.75, 3.05) is 6.01 Å². The summed E-state index contributed by atoms with van der Waals surface area (Å²) >= 11 is 0.558. The van der Waals surface area contributed by atoms with Crippen LogP contribution in [0, 0.1) is 34.5 Å². The van der Waals surface area contributed by atoms with Crippen LogP contribution in [0.4, 0.5) is 4.39 Å². The number of thioether (sulfide) groups is 1. The van der Waals surface area contributed by atoms with E-state index in [2.05, 4.69) is 25.2 Å². The lowest BCUT2D eigenvalue weighted by molar-refractivity contribution is -0.197. The first-order valence-corrected chi connectivity index (χ1v) is 17.8. The fourth-order valence-electron chi connectivity index (χ4n) is 9.93. The Balaban J connectivity index is 1.33. The second-order valence-corrected chi connectivity index (χ2v) is 15.5. The van der Waals surface area contributed by atoms with E-state index in [-0.39, 0.29) is 41.9 Å². The van der Waals surface area contributed by atoms with Crippen molar-refractivity contribution in [3.63, 3.8) is 0 Å². The van der Waals surface area contributed by atoms with Crippen LogP contribution < -0.4 is 11.1 Å².